The van der Waals surface area contributed by atoms with Crippen LogP contribution in [0.1, 0.15) is 31.9 Å². The monoisotopic (exact) mass is 281 g/mol. The van der Waals surface area contributed by atoms with Crippen molar-refractivity contribution in [3.8, 4) is 0 Å². The third-order valence-electron chi connectivity index (χ3n) is 4.00. The third-order valence-corrected chi connectivity index (χ3v) is 4.00. The zero-order chi connectivity index (χ0) is 14.8. The summed E-state index contributed by atoms with van der Waals surface area (Å²) in [4.78, 5) is 7.06. The number of nitrogens with one attached hydrogen (secondary N) is 1. The van der Waals surface area contributed by atoms with Crippen molar-refractivity contribution in [3.63, 3.8) is 0 Å². The molecular weight excluding hydrogens is 258 g/mol. The van der Waals surface area contributed by atoms with Crippen LogP contribution in [0.25, 0.3) is 0 Å². The molecule has 1 aromatic heterocycles. The van der Waals surface area contributed by atoms with Crippen LogP contribution in [-0.2, 0) is 13.0 Å². The van der Waals surface area contributed by atoms with E-state index in [0.717, 1.165) is 18.8 Å². The number of aromatic nitrogens is 1. The zero-order valence-electron chi connectivity index (χ0n) is 13.0. The molecule has 0 saturated carbocycles. The summed E-state index contributed by atoms with van der Waals surface area (Å²) in [6.45, 7) is 7.47. The number of para-hydroxylation sites is 1. The van der Waals surface area contributed by atoms with Gasteiger partial charge in [-0.1, -0.05) is 38.1 Å². The van der Waals surface area contributed by atoms with E-state index < -0.39 is 0 Å². The second-order valence-electron chi connectivity index (χ2n) is 6.07. The number of hydrogen-bond donors (Lipinski definition) is 1. The highest BCUT2D eigenvalue weighted by atomic mass is 15.2. The number of fused-ring (bicyclic) bond motifs is 1. The van der Waals surface area contributed by atoms with Gasteiger partial charge in [-0.2, -0.15) is 0 Å². The fourth-order valence-corrected chi connectivity index (χ4v) is 2.99. The lowest BCUT2D eigenvalue weighted by Gasteiger charge is -2.26. The van der Waals surface area contributed by atoms with Gasteiger partial charge in [0.2, 0.25) is 0 Å². The fraction of sp³-hybridized carbons (Fsp3) is 0.389. The minimum Gasteiger partial charge on any atom is -0.323 e. The average molecular weight is 281 g/mol. The van der Waals surface area contributed by atoms with Crippen LogP contribution in [0.5, 0.6) is 0 Å². The van der Waals surface area contributed by atoms with Crippen LogP contribution in [0.4, 0.5) is 11.5 Å². The van der Waals surface area contributed by atoms with Gasteiger partial charge < -0.3 is 10.2 Å². The first-order chi connectivity index (χ1) is 10.2. The average Bonchev–Trinajstić information content (AvgIpc) is 2.81. The molecule has 1 atom stereocenters. The van der Waals surface area contributed by atoms with Crippen LogP contribution in [0.2, 0.25) is 0 Å². The molecule has 2 heterocycles. The topological polar surface area (TPSA) is 28.2 Å². The van der Waals surface area contributed by atoms with Crippen LogP contribution < -0.4 is 10.2 Å². The number of pyridine rings is 1. The molecule has 1 aliphatic heterocycles. The van der Waals surface area contributed by atoms with Gasteiger partial charge in [-0.15, -0.1) is 0 Å². The summed E-state index contributed by atoms with van der Waals surface area (Å²) in [5.74, 6) is 1.09. The predicted molar refractivity (Wildman–Crippen MR) is 88.0 cm³/mol. The van der Waals surface area contributed by atoms with Crippen molar-refractivity contribution in [1.29, 1.82) is 0 Å². The van der Waals surface area contributed by atoms with Crippen LogP contribution in [0, 0.1) is 0 Å². The van der Waals surface area contributed by atoms with E-state index in [2.05, 4.69) is 66.3 Å². The first-order valence-corrected chi connectivity index (χ1v) is 7.71. The number of benzene rings is 1. The molecule has 0 bridgehead atoms. The van der Waals surface area contributed by atoms with Crippen LogP contribution in [0.3, 0.4) is 0 Å². The summed E-state index contributed by atoms with van der Waals surface area (Å²) in [6, 6.07) is 13.8. The first kappa shape index (κ1) is 14.1. The second kappa shape index (κ2) is 5.86. The van der Waals surface area contributed by atoms with Crippen molar-refractivity contribution >= 4 is 11.5 Å². The SMILES string of the molecule is CC(C)NCc1cccnc1N1c2ccccc2CC1C. The molecule has 21 heavy (non-hydrogen) atoms. The van der Waals surface area contributed by atoms with Crippen molar-refractivity contribution < 1.29 is 0 Å². The molecule has 0 spiro atoms. The lowest BCUT2D eigenvalue weighted by atomic mass is 10.1. The molecule has 0 aliphatic carbocycles. The quantitative estimate of drug-likeness (QED) is 0.927. The van der Waals surface area contributed by atoms with Gasteiger partial charge in [0.1, 0.15) is 5.82 Å². The van der Waals surface area contributed by atoms with Crippen molar-refractivity contribution in [2.75, 3.05) is 4.90 Å². The van der Waals surface area contributed by atoms with Crippen molar-refractivity contribution in [1.82, 2.24) is 10.3 Å². The summed E-state index contributed by atoms with van der Waals surface area (Å²) in [6.07, 6.45) is 2.98. The highest BCUT2D eigenvalue weighted by molar-refractivity contribution is 5.70. The Morgan fingerprint density at radius 1 is 1.24 bits per heavy atom. The minimum absolute atomic E-state index is 0.454. The molecule has 3 heteroatoms. The Bertz CT molecular complexity index is 621. The van der Waals surface area contributed by atoms with Gasteiger partial charge in [0, 0.05) is 36.1 Å². The van der Waals surface area contributed by atoms with Crippen LogP contribution in [0.15, 0.2) is 42.6 Å². The predicted octanol–water partition coefficient (Wildman–Crippen LogP) is 3.66. The molecular formula is C18H23N3. The van der Waals surface area contributed by atoms with Crippen molar-refractivity contribution in [2.24, 2.45) is 0 Å². The van der Waals surface area contributed by atoms with E-state index in [0.29, 0.717) is 12.1 Å². The molecule has 0 fully saturated rings. The summed E-state index contributed by atoms with van der Waals surface area (Å²) >= 11 is 0. The lowest BCUT2D eigenvalue weighted by Crippen LogP contribution is -2.28. The Morgan fingerprint density at radius 2 is 2.05 bits per heavy atom. The second-order valence-corrected chi connectivity index (χ2v) is 6.07. The molecule has 1 aliphatic rings. The minimum atomic E-state index is 0.454. The molecule has 3 nitrogen and oxygen atoms in total. The number of rotatable bonds is 4. The van der Waals surface area contributed by atoms with E-state index in [9.17, 15) is 0 Å². The maximum atomic E-state index is 4.67. The molecule has 110 valence electrons. The Morgan fingerprint density at radius 3 is 2.86 bits per heavy atom. The normalized spacial score (nSPS) is 17.3. The van der Waals surface area contributed by atoms with Gasteiger partial charge in [0.25, 0.3) is 0 Å². The number of hydrogen-bond acceptors (Lipinski definition) is 3. The first-order valence-electron chi connectivity index (χ1n) is 7.71. The Hall–Kier alpha value is -1.87. The van der Waals surface area contributed by atoms with E-state index in [1.54, 1.807) is 0 Å². The van der Waals surface area contributed by atoms with Gasteiger partial charge in [0.05, 0.1) is 0 Å². The maximum Gasteiger partial charge on any atom is 0.137 e. The number of nitrogens with zero attached hydrogens (tertiary/aromatic N) is 2. The Balaban J connectivity index is 1.97. The summed E-state index contributed by atoms with van der Waals surface area (Å²) in [5, 5.41) is 3.50. The van der Waals surface area contributed by atoms with Gasteiger partial charge in [-0.3, -0.25) is 0 Å². The Kier molecular flexibility index (Phi) is 3.93. The maximum absolute atomic E-state index is 4.67. The smallest absolute Gasteiger partial charge is 0.137 e. The highest BCUT2D eigenvalue weighted by Crippen LogP contribution is 2.38. The lowest BCUT2D eigenvalue weighted by molar-refractivity contribution is 0.586. The van der Waals surface area contributed by atoms with Crippen LogP contribution >= 0.6 is 0 Å². The van der Waals surface area contributed by atoms with Crippen molar-refractivity contribution in [3.05, 3.63) is 53.7 Å². The molecule has 0 saturated heterocycles. The van der Waals surface area contributed by atoms with E-state index in [1.807, 2.05) is 12.3 Å². The number of anilines is 2. The zero-order valence-corrected chi connectivity index (χ0v) is 13.0. The van der Waals surface area contributed by atoms with E-state index in [4.69, 9.17) is 0 Å². The molecule has 1 N–H and O–H groups in total. The molecule has 1 unspecified atom stereocenters. The Labute approximate surface area is 127 Å². The van der Waals surface area contributed by atoms with Gasteiger partial charge >= 0.3 is 0 Å². The van der Waals surface area contributed by atoms with Crippen molar-refractivity contribution in [2.45, 2.75) is 45.8 Å². The highest BCUT2D eigenvalue weighted by Gasteiger charge is 2.28. The third kappa shape index (κ3) is 2.79. The van der Waals surface area contributed by atoms with Gasteiger partial charge in [-0.05, 0) is 31.0 Å². The summed E-state index contributed by atoms with van der Waals surface area (Å²) in [7, 11) is 0. The van der Waals surface area contributed by atoms with E-state index in [-0.39, 0.29) is 0 Å². The largest absolute Gasteiger partial charge is 0.323 e. The molecule has 0 radical (unpaired) electrons. The fourth-order valence-electron chi connectivity index (χ4n) is 2.99. The van der Waals surface area contributed by atoms with Gasteiger partial charge in [-0.25, -0.2) is 4.98 Å². The standard InChI is InChI=1S/C18H23N3/c1-13(2)20-12-16-8-6-10-19-18(16)21-14(3)11-15-7-4-5-9-17(15)21/h4-10,13-14,20H,11-12H2,1-3H3. The van der Waals surface area contributed by atoms with Gasteiger partial charge in [0.15, 0.2) is 0 Å². The molecule has 1 aromatic carbocycles. The van der Waals surface area contributed by atoms with E-state index in [1.165, 1.54) is 16.8 Å². The molecule has 3 rings (SSSR count). The summed E-state index contributed by atoms with van der Waals surface area (Å²) < 4.78 is 0. The molecule has 0 amide bonds. The van der Waals surface area contributed by atoms with Crippen LogP contribution in [-0.4, -0.2) is 17.1 Å². The molecule has 2 aromatic rings. The van der Waals surface area contributed by atoms with E-state index >= 15 is 0 Å². The summed E-state index contributed by atoms with van der Waals surface area (Å²) in [5.41, 5.74) is 3.97.